The fourth-order valence-electron chi connectivity index (χ4n) is 1.64. The molecule has 0 unspecified atom stereocenters. The quantitative estimate of drug-likeness (QED) is 0.529. The number of hydrogen-bond acceptors (Lipinski definition) is 2. The second-order valence-electron chi connectivity index (χ2n) is 3.96. The van der Waals surface area contributed by atoms with Crippen molar-refractivity contribution in [3.05, 3.63) is 60.7 Å². The third-order valence-electron chi connectivity index (χ3n) is 2.54. The first-order chi connectivity index (χ1) is 9.25. The molecule has 0 saturated carbocycles. The number of benzene rings is 2. The third-order valence-corrected chi connectivity index (χ3v) is 2.54. The van der Waals surface area contributed by atoms with Crippen LogP contribution in [0.15, 0.2) is 60.7 Å². The Morgan fingerprint density at radius 2 is 1.20 bits per heavy atom. The Bertz CT molecular complexity index is 507. The van der Waals surface area contributed by atoms with Crippen LogP contribution in [0, 0.1) is 0 Å². The molecule has 1 heterocycles. The summed E-state index contributed by atoms with van der Waals surface area (Å²) in [7, 11) is 0. The van der Waals surface area contributed by atoms with Gasteiger partial charge in [-0.15, -0.1) is 0 Å². The van der Waals surface area contributed by atoms with Gasteiger partial charge in [0.05, 0.1) is 6.54 Å². The molecule has 0 aliphatic carbocycles. The van der Waals surface area contributed by atoms with Gasteiger partial charge in [0.2, 0.25) is 5.91 Å². The standard InChI is InChI=1S/C12H10.C3H4N2O2.Na/c1-3-7-11(8-4-1)12-9-5-2-6-10-12;6-2-1-4-3(7)5-2;/h1-10H;1H2,(H2,4,5,6,7);/q;;+1. The van der Waals surface area contributed by atoms with E-state index in [1.165, 1.54) is 11.1 Å². The molecule has 3 amide bonds. The van der Waals surface area contributed by atoms with Crippen LogP contribution in [-0.2, 0) is 4.79 Å². The zero-order valence-electron chi connectivity index (χ0n) is 11.3. The molecule has 0 aromatic heterocycles. The average molecular weight is 277 g/mol. The van der Waals surface area contributed by atoms with Crippen molar-refractivity contribution in [2.75, 3.05) is 6.54 Å². The van der Waals surface area contributed by atoms with Gasteiger partial charge in [0, 0.05) is 0 Å². The van der Waals surface area contributed by atoms with Crippen LogP contribution in [0.4, 0.5) is 4.79 Å². The van der Waals surface area contributed by atoms with Crippen molar-refractivity contribution in [3.63, 3.8) is 0 Å². The molecule has 1 saturated heterocycles. The molecule has 20 heavy (non-hydrogen) atoms. The first-order valence-corrected chi connectivity index (χ1v) is 5.94. The summed E-state index contributed by atoms with van der Waals surface area (Å²) in [6, 6.07) is 20.4. The maximum atomic E-state index is 10.1. The number of nitrogens with one attached hydrogen (secondary N) is 2. The van der Waals surface area contributed by atoms with Crippen LogP contribution < -0.4 is 40.2 Å². The minimum Gasteiger partial charge on any atom is -0.329 e. The normalized spacial score (nSPS) is 12.4. The van der Waals surface area contributed by atoms with Crippen LogP contribution in [0.3, 0.4) is 0 Å². The van der Waals surface area contributed by atoms with Crippen LogP contribution >= 0.6 is 0 Å². The molecule has 2 aromatic carbocycles. The molecule has 0 atom stereocenters. The molecule has 0 radical (unpaired) electrons. The van der Waals surface area contributed by atoms with Crippen molar-refractivity contribution in [2.45, 2.75) is 0 Å². The molecule has 1 aliphatic rings. The van der Waals surface area contributed by atoms with Crippen molar-refractivity contribution in [1.29, 1.82) is 0 Å². The maximum absolute atomic E-state index is 10.1. The summed E-state index contributed by atoms with van der Waals surface area (Å²) >= 11 is 0. The number of carbonyl (C=O) groups is 2. The minimum absolute atomic E-state index is 0. The van der Waals surface area contributed by atoms with E-state index >= 15 is 0 Å². The van der Waals surface area contributed by atoms with Crippen molar-refractivity contribution < 1.29 is 39.1 Å². The molecule has 96 valence electrons. The van der Waals surface area contributed by atoms with Crippen LogP contribution in [0.5, 0.6) is 0 Å². The zero-order valence-corrected chi connectivity index (χ0v) is 13.3. The summed E-state index contributed by atoms with van der Waals surface area (Å²) in [5, 5.41) is 4.30. The van der Waals surface area contributed by atoms with E-state index in [0.717, 1.165) is 0 Å². The van der Waals surface area contributed by atoms with Crippen molar-refractivity contribution in [1.82, 2.24) is 10.6 Å². The number of rotatable bonds is 1. The summed E-state index contributed by atoms with van der Waals surface area (Å²) in [4.78, 5) is 20.1. The molecule has 2 aromatic rings. The molecule has 5 heteroatoms. The van der Waals surface area contributed by atoms with E-state index in [1.54, 1.807) is 0 Å². The molecule has 4 nitrogen and oxygen atoms in total. The van der Waals surface area contributed by atoms with Gasteiger partial charge in [0.1, 0.15) is 0 Å². The largest absolute Gasteiger partial charge is 1.00 e. The van der Waals surface area contributed by atoms with Gasteiger partial charge < -0.3 is 5.32 Å². The van der Waals surface area contributed by atoms with E-state index in [0.29, 0.717) is 0 Å². The topological polar surface area (TPSA) is 58.2 Å². The Labute approximate surface area is 139 Å². The Morgan fingerprint density at radius 1 is 0.750 bits per heavy atom. The van der Waals surface area contributed by atoms with E-state index in [4.69, 9.17) is 0 Å². The van der Waals surface area contributed by atoms with Crippen molar-refractivity contribution in [2.24, 2.45) is 0 Å². The Morgan fingerprint density at radius 3 is 1.45 bits per heavy atom. The van der Waals surface area contributed by atoms with Gasteiger partial charge in [-0.25, -0.2) is 4.79 Å². The predicted molar refractivity (Wildman–Crippen MR) is 73.4 cm³/mol. The van der Waals surface area contributed by atoms with E-state index < -0.39 is 6.03 Å². The van der Waals surface area contributed by atoms with Gasteiger partial charge in [0.15, 0.2) is 0 Å². The number of urea groups is 1. The minimum atomic E-state index is -0.398. The van der Waals surface area contributed by atoms with E-state index in [9.17, 15) is 9.59 Å². The number of imide groups is 1. The first-order valence-electron chi connectivity index (χ1n) is 5.94. The van der Waals surface area contributed by atoms with Crippen LogP contribution in [0.2, 0.25) is 0 Å². The molecule has 3 rings (SSSR count). The SMILES string of the molecule is O=C1CNC(=O)N1.[Na+].c1ccc(-c2ccccc2)cc1. The average Bonchev–Trinajstić information content (AvgIpc) is 2.85. The van der Waals surface area contributed by atoms with Crippen LogP contribution in [0.1, 0.15) is 0 Å². The third kappa shape index (κ3) is 5.17. The summed E-state index contributed by atoms with van der Waals surface area (Å²) in [5.41, 5.74) is 2.55. The predicted octanol–water partition coefficient (Wildman–Crippen LogP) is -0.817. The molecular weight excluding hydrogens is 263 g/mol. The van der Waals surface area contributed by atoms with Gasteiger partial charge in [-0.2, -0.15) is 0 Å². The molecular formula is C15H14N2NaO2+. The molecule has 1 aliphatic heterocycles. The first kappa shape index (κ1) is 16.4. The fraction of sp³-hybridized carbons (Fsp3) is 0.0667. The zero-order chi connectivity index (χ0) is 13.5. The van der Waals surface area contributed by atoms with Crippen LogP contribution in [0.25, 0.3) is 11.1 Å². The second-order valence-corrected chi connectivity index (χ2v) is 3.96. The summed E-state index contributed by atoms with van der Waals surface area (Å²) in [5.74, 6) is -0.259. The Kier molecular flexibility index (Phi) is 7.01. The van der Waals surface area contributed by atoms with Gasteiger partial charge in [-0.3, -0.25) is 10.1 Å². The molecule has 1 fully saturated rings. The van der Waals surface area contributed by atoms with Gasteiger partial charge >= 0.3 is 35.6 Å². The number of amides is 3. The molecule has 2 N–H and O–H groups in total. The monoisotopic (exact) mass is 277 g/mol. The fourth-order valence-corrected chi connectivity index (χ4v) is 1.64. The van der Waals surface area contributed by atoms with E-state index in [-0.39, 0.29) is 42.0 Å². The van der Waals surface area contributed by atoms with Gasteiger partial charge in [-0.05, 0) is 11.1 Å². The Hall–Kier alpha value is -1.62. The van der Waals surface area contributed by atoms with Gasteiger partial charge in [-0.1, -0.05) is 60.7 Å². The molecule has 0 spiro atoms. The van der Waals surface area contributed by atoms with E-state index in [1.807, 2.05) is 17.4 Å². The summed E-state index contributed by atoms with van der Waals surface area (Å²) in [6.07, 6.45) is 0. The Balaban J connectivity index is 0.000000216. The smallest absolute Gasteiger partial charge is 0.329 e. The van der Waals surface area contributed by atoms with Crippen molar-refractivity contribution in [3.8, 4) is 11.1 Å². The number of hydrogen-bond donors (Lipinski definition) is 2. The van der Waals surface area contributed by atoms with Gasteiger partial charge in [0.25, 0.3) is 0 Å². The van der Waals surface area contributed by atoms with Crippen molar-refractivity contribution >= 4 is 11.9 Å². The van der Waals surface area contributed by atoms with E-state index in [2.05, 4.69) is 53.8 Å². The molecule has 0 bridgehead atoms. The maximum Gasteiger partial charge on any atom is 1.00 e. The second kappa shape index (κ2) is 8.53. The summed E-state index contributed by atoms with van der Waals surface area (Å²) < 4.78 is 0. The number of carbonyl (C=O) groups excluding carboxylic acids is 2. The van der Waals surface area contributed by atoms with Crippen LogP contribution in [-0.4, -0.2) is 18.5 Å². The summed E-state index contributed by atoms with van der Waals surface area (Å²) in [6.45, 7) is 0.124.